The second kappa shape index (κ2) is 8.93. The molecule has 0 aliphatic carbocycles. The first-order valence-electron chi connectivity index (χ1n) is 9.07. The zero-order chi connectivity index (χ0) is 20.1. The predicted molar refractivity (Wildman–Crippen MR) is 112 cm³/mol. The Balaban J connectivity index is 1.99. The van der Waals surface area contributed by atoms with Gasteiger partial charge < -0.3 is 10.1 Å². The zero-order valence-corrected chi connectivity index (χ0v) is 17.3. The first kappa shape index (κ1) is 19.9. The molecule has 1 aromatic heterocycles. The monoisotopic (exact) mass is 396 g/mol. The Kier molecular flexibility index (Phi) is 6.36. The molecule has 0 atom stereocenters. The minimum atomic E-state index is -0.0265. The van der Waals surface area contributed by atoms with Crippen LogP contribution in [0.1, 0.15) is 19.4 Å². The molecule has 0 aliphatic rings. The van der Waals surface area contributed by atoms with Gasteiger partial charge >= 0.3 is 0 Å². The van der Waals surface area contributed by atoms with Crippen LogP contribution in [0.25, 0.3) is 17.1 Å². The Labute approximate surface area is 169 Å². The molecule has 3 rings (SSSR count). The van der Waals surface area contributed by atoms with E-state index >= 15 is 0 Å². The van der Waals surface area contributed by atoms with Crippen LogP contribution in [0.3, 0.4) is 0 Å². The van der Waals surface area contributed by atoms with Crippen molar-refractivity contribution in [3.8, 4) is 22.8 Å². The topological polar surface area (TPSA) is 69.0 Å². The van der Waals surface area contributed by atoms with Crippen molar-refractivity contribution in [1.29, 1.82) is 0 Å². The van der Waals surface area contributed by atoms with Crippen molar-refractivity contribution in [1.82, 2.24) is 20.1 Å². The summed E-state index contributed by atoms with van der Waals surface area (Å²) in [6.07, 6.45) is 0. The highest BCUT2D eigenvalue weighted by atomic mass is 32.2. The van der Waals surface area contributed by atoms with Gasteiger partial charge in [0.15, 0.2) is 11.0 Å². The maximum Gasteiger partial charge on any atom is 0.230 e. The average Bonchev–Trinajstić information content (AvgIpc) is 3.10. The fourth-order valence-corrected chi connectivity index (χ4v) is 3.50. The van der Waals surface area contributed by atoms with Crippen molar-refractivity contribution in [3.63, 3.8) is 0 Å². The number of hydrogen-bond acceptors (Lipinski definition) is 5. The Hall–Kier alpha value is -2.80. The quantitative estimate of drug-likeness (QED) is 0.614. The van der Waals surface area contributed by atoms with Gasteiger partial charge in [-0.1, -0.05) is 41.6 Å². The highest BCUT2D eigenvalue weighted by Crippen LogP contribution is 2.29. The van der Waals surface area contributed by atoms with Gasteiger partial charge in [0, 0.05) is 17.3 Å². The normalized spacial score (nSPS) is 10.9. The van der Waals surface area contributed by atoms with E-state index in [2.05, 4.69) is 15.5 Å². The highest BCUT2D eigenvalue weighted by molar-refractivity contribution is 7.99. The molecule has 1 amide bonds. The Bertz CT molecular complexity index is 951. The zero-order valence-electron chi connectivity index (χ0n) is 16.5. The number of benzene rings is 2. The molecule has 3 aromatic rings. The molecule has 146 valence electrons. The molecular formula is C21H24N4O2S. The standard InChI is InChI=1S/C21H24N4O2S/c1-14(2)22-19(26)13-28-21-24-23-20(16-6-5-7-18(12-16)27-4)25(21)17-10-8-15(3)9-11-17/h5-12,14H,13H2,1-4H3,(H,22,26). The van der Waals surface area contributed by atoms with Crippen LogP contribution in [0, 0.1) is 6.92 Å². The number of nitrogens with zero attached hydrogens (tertiary/aromatic N) is 3. The summed E-state index contributed by atoms with van der Waals surface area (Å²) in [4.78, 5) is 12.1. The van der Waals surface area contributed by atoms with Crippen molar-refractivity contribution >= 4 is 17.7 Å². The molecule has 0 bridgehead atoms. The number of aryl methyl sites for hydroxylation is 1. The molecule has 0 radical (unpaired) electrons. The van der Waals surface area contributed by atoms with Crippen molar-refractivity contribution in [2.45, 2.75) is 32.0 Å². The van der Waals surface area contributed by atoms with E-state index in [1.165, 1.54) is 17.3 Å². The average molecular weight is 397 g/mol. The Morgan fingerprint density at radius 2 is 1.93 bits per heavy atom. The Morgan fingerprint density at radius 1 is 1.18 bits per heavy atom. The van der Waals surface area contributed by atoms with E-state index in [1.54, 1.807) is 7.11 Å². The van der Waals surface area contributed by atoms with Crippen LogP contribution < -0.4 is 10.1 Å². The number of carbonyl (C=O) groups excluding carboxylic acids is 1. The molecule has 0 unspecified atom stereocenters. The van der Waals surface area contributed by atoms with E-state index in [1.807, 2.05) is 73.9 Å². The number of amides is 1. The van der Waals surface area contributed by atoms with Crippen LogP contribution >= 0.6 is 11.8 Å². The molecule has 0 aliphatic heterocycles. The number of aromatic nitrogens is 3. The SMILES string of the molecule is COc1cccc(-c2nnc(SCC(=O)NC(C)C)n2-c2ccc(C)cc2)c1. The molecule has 0 saturated heterocycles. The number of carbonyl (C=O) groups is 1. The summed E-state index contributed by atoms with van der Waals surface area (Å²) < 4.78 is 7.32. The fraction of sp³-hybridized carbons (Fsp3) is 0.286. The summed E-state index contributed by atoms with van der Waals surface area (Å²) in [5, 5.41) is 12.3. The van der Waals surface area contributed by atoms with E-state index < -0.39 is 0 Å². The fourth-order valence-electron chi connectivity index (χ4n) is 2.73. The molecule has 2 aromatic carbocycles. The molecular weight excluding hydrogens is 372 g/mol. The van der Waals surface area contributed by atoms with Gasteiger partial charge in [0.1, 0.15) is 5.75 Å². The number of nitrogens with one attached hydrogen (secondary N) is 1. The van der Waals surface area contributed by atoms with Crippen LogP contribution in [0.4, 0.5) is 0 Å². The van der Waals surface area contributed by atoms with E-state index in [9.17, 15) is 4.79 Å². The molecule has 0 spiro atoms. The molecule has 0 saturated carbocycles. The lowest BCUT2D eigenvalue weighted by atomic mass is 10.2. The van der Waals surface area contributed by atoms with Gasteiger partial charge in [-0.05, 0) is 45.0 Å². The summed E-state index contributed by atoms with van der Waals surface area (Å²) in [5.41, 5.74) is 3.01. The maximum absolute atomic E-state index is 12.1. The van der Waals surface area contributed by atoms with Crippen LogP contribution in [0.5, 0.6) is 5.75 Å². The summed E-state index contributed by atoms with van der Waals surface area (Å²) in [6.45, 7) is 5.93. The second-order valence-corrected chi connectivity index (χ2v) is 7.66. The molecule has 1 heterocycles. The number of ether oxygens (including phenoxy) is 1. The molecule has 0 fully saturated rings. The van der Waals surface area contributed by atoms with Gasteiger partial charge in [0.25, 0.3) is 0 Å². The summed E-state index contributed by atoms with van der Waals surface area (Å²) in [6, 6.07) is 16.0. The maximum atomic E-state index is 12.1. The minimum Gasteiger partial charge on any atom is -0.497 e. The van der Waals surface area contributed by atoms with Gasteiger partial charge in [0.05, 0.1) is 12.9 Å². The van der Waals surface area contributed by atoms with Crippen LogP contribution in [-0.4, -0.2) is 39.6 Å². The summed E-state index contributed by atoms with van der Waals surface area (Å²) >= 11 is 1.37. The number of hydrogen-bond donors (Lipinski definition) is 1. The minimum absolute atomic E-state index is 0.0265. The van der Waals surface area contributed by atoms with Gasteiger partial charge in [-0.2, -0.15) is 0 Å². The molecule has 6 nitrogen and oxygen atoms in total. The van der Waals surface area contributed by atoms with Crippen LogP contribution in [0.15, 0.2) is 53.7 Å². The van der Waals surface area contributed by atoms with Crippen molar-refractivity contribution in [2.75, 3.05) is 12.9 Å². The largest absolute Gasteiger partial charge is 0.497 e. The second-order valence-electron chi connectivity index (χ2n) is 6.72. The Morgan fingerprint density at radius 3 is 2.61 bits per heavy atom. The van der Waals surface area contributed by atoms with Crippen molar-refractivity contribution in [3.05, 3.63) is 54.1 Å². The molecule has 7 heteroatoms. The van der Waals surface area contributed by atoms with Gasteiger partial charge in [-0.3, -0.25) is 9.36 Å². The van der Waals surface area contributed by atoms with E-state index in [0.29, 0.717) is 11.0 Å². The van der Waals surface area contributed by atoms with E-state index in [-0.39, 0.29) is 17.7 Å². The van der Waals surface area contributed by atoms with Crippen LogP contribution in [-0.2, 0) is 4.79 Å². The predicted octanol–water partition coefficient (Wildman–Crippen LogP) is 3.87. The number of thioether (sulfide) groups is 1. The third-order valence-electron chi connectivity index (χ3n) is 4.04. The van der Waals surface area contributed by atoms with Gasteiger partial charge in [0.2, 0.25) is 5.91 Å². The molecule has 28 heavy (non-hydrogen) atoms. The van der Waals surface area contributed by atoms with Gasteiger partial charge in [-0.15, -0.1) is 10.2 Å². The summed E-state index contributed by atoms with van der Waals surface area (Å²) in [7, 11) is 1.64. The van der Waals surface area contributed by atoms with E-state index in [4.69, 9.17) is 4.74 Å². The smallest absolute Gasteiger partial charge is 0.230 e. The van der Waals surface area contributed by atoms with E-state index in [0.717, 1.165) is 17.0 Å². The first-order chi connectivity index (χ1) is 13.5. The van der Waals surface area contributed by atoms with Crippen molar-refractivity contribution in [2.24, 2.45) is 0 Å². The number of rotatable bonds is 7. The lowest BCUT2D eigenvalue weighted by Crippen LogP contribution is -2.31. The van der Waals surface area contributed by atoms with Gasteiger partial charge in [-0.25, -0.2) is 0 Å². The summed E-state index contributed by atoms with van der Waals surface area (Å²) in [5.74, 6) is 1.71. The lowest BCUT2D eigenvalue weighted by molar-refractivity contribution is -0.119. The number of methoxy groups -OCH3 is 1. The van der Waals surface area contributed by atoms with Crippen molar-refractivity contribution < 1.29 is 9.53 Å². The third kappa shape index (κ3) is 4.72. The lowest BCUT2D eigenvalue weighted by Gasteiger charge is -2.12. The highest BCUT2D eigenvalue weighted by Gasteiger charge is 2.18. The van der Waals surface area contributed by atoms with Crippen LogP contribution in [0.2, 0.25) is 0 Å². The first-order valence-corrected chi connectivity index (χ1v) is 10.1. The molecule has 1 N–H and O–H groups in total. The third-order valence-corrected chi connectivity index (χ3v) is 4.96.